The normalized spacial score (nSPS) is 36.0. The van der Waals surface area contributed by atoms with Crippen molar-refractivity contribution in [2.24, 2.45) is 5.73 Å². The van der Waals surface area contributed by atoms with Gasteiger partial charge in [-0.1, -0.05) is 0 Å². The largest absolute Gasteiger partial charge is 0.373 e. The van der Waals surface area contributed by atoms with Crippen LogP contribution in [0.15, 0.2) is 12.3 Å². The Labute approximate surface area is 102 Å². The minimum atomic E-state index is -0.181. The topological polar surface area (TPSA) is 53.1 Å². The number of nitrogens with zero attached hydrogens (tertiary/aromatic N) is 2. The maximum absolute atomic E-state index is 6.49. The molecule has 2 aliphatic rings. The van der Waals surface area contributed by atoms with E-state index in [1.165, 1.54) is 6.42 Å². The van der Waals surface area contributed by atoms with Gasteiger partial charge in [-0.05, 0) is 39.2 Å². The molecule has 2 fully saturated rings. The monoisotopic (exact) mass is 235 g/mol. The number of ether oxygens (including phenoxy) is 1. The molecule has 94 valence electrons. The van der Waals surface area contributed by atoms with Crippen LogP contribution in [-0.2, 0) is 11.2 Å². The van der Waals surface area contributed by atoms with Crippen molar-refractivity contribution in [1.82, 2.24) is 9.78 Å². The highest BCUT2D eigenvalue weighted by Gasteiger charge is 2.50. The minimum absolute atomic E-state index is 0.181. The lowest BCUT2D eigenvalue weighted by atomic mass is 9.79. The lowest BCUT2D eigenvalue weighted by Crippen LogP contribution is -2.50. The van der Waals surface area contributed by atoms with E-state index < -0.39 is 0 Å². The molecule has 4 nitrogen and oxygen atoms in total. The summed E-state index contributed by atoms with van der Waals surface area (Å²) in [5.74, 6) is 0. The smallest absolute Gasteiger partial charge is 0.0764 e. The van der Waals surface area contributed by atoms with E-state index in [9.17, 15) is 0 Å². The van der Waals surface area contributed by atoms with Gasteiger partial charge in [0.15, 0.2) is 0 Å². The van der Waals surface area contributed by atoms with Crippen molar-refractivity contribution < 1.29 is 4.74 Å². The first-order valence-corrected chi connectivity index (χ1v) is 6.55. The maximum Gasteiger partial charge on any atom is 0.0764 e. The van der Waals surface area contributed by atoms with Crippen LogP contribution in [0, 0.1) is 0 Å². The van der Waals surface area contributed by atoms with Crippen molar-refractivity contribution in [2.45, 2.75) is 63.3 Å². The molecule has 0 aliphatic carbocycles. The summed E-state index contributed by atoms with van der Waals surface area (Å²) < 4.78 is 7.85. The molecule has 2 aliphatic heterocycles. The SMILES string of the molecule is CC(C)n1ccc(CC2(N)CC3CCC2O3)n1. The lowest BCUT2D eigenvalue weighted by molar-refractivity contribution is 0.0854. The van der Waals surface area contributed by atoms with Crippen molar-refractivity contribution in [3.8, 4) is 0 Å². The second kappa shape index (κ2) is 3.82. The Kier molecular flexibility index (Phi) is 2.52. The van der Waals surface area contributed by atoms with E-state index in [0.717, 1.165) is 25.0 Å². The van der Waals surface area contributed by atoms with Crippen LogP contribution < -0.4 is 5.73 Å². The third-order valence-electron chi connectivity index (χ3n) is 4.06. The highest BCUT2D eigenvalue weighted by atomic mass is 16.5. The fourth-order valence-electron chi connectivity index (χ4n) is 3.12. The van der Waals surface area contributed by atoms with Crippen LogP contribution in [-0.4, -0.2) is 27.5 Å². The second-order valence-electron chi connectivity index (χ2n) is 5.82. The van der Waals surface area contributed by atoms with Crippen LogP contribution in [0.25, 0.3) is 0 Å². The summed E-state index contributed by atoms with van der Waals surface area (Å²) in [4.78, 5) is 0. The van der Waals surface area contributed by atoms with Gasteiger partial charge in [-0.2, -0.15) is 5.10 Å². The van der Waals surface area contributed by atoms with Crippen LogP contribution in [0.4, 0.5) is 0 Å². The molecule has 17 heavy (non-hydrogen) atoms. The second-order valence-corrected chi connectivity index (χ2v) is 5.82. The average Bonchev–Trinajstić information content (AvgIpc) is 2.91. The van der Waals surface area contributed by atoms with E-state index in [1.54, 1.807) is 0 Å². The third-order valence-corrected chi connectivity index (χ3v) is 4.06. The van der Waals surface area contributed by atoms with Crippen LogP contribution in [0.2, 0.25) is 0 Å². The molecule has 2 N–H and O–H groups in total. The predicted octanol–water partition coefficient (Wildman–Crippen LogP) is 1.66. The van der Waals surface area contributed by atoms with Gasteiger partial charge in [-0.15, -0.1) is 0 Å². The summed E-state index contributed by atoms with van der Waals surface area (Å²) in [5, 5.41) is 4.58. The predicted molar refractivity (Wildman–Crippen MR) is 65.7 cm³/mol. The van der Waals surface area contributed by atoms with Gasteiger partial charge in [0, 0.05) is 18.7 Å². The molecular formula is C13H21N3O. The quantitative estimate of drug-likeness (QED) is 0.866. The van der Waals surface area contributed by atoms with E-state index in [4.69, 9.17) is 10.5 Å². The number of aromatic nitrogens is 2. The van der Waals surface area contributed by atoms with Crippen LogP contribution in [0.5, 0.6) is 0 Å². The number of fused-ring (bicyclic) bond motifs is 2. The molecule has 0 aromatic carbocycles. The Hall–Kier alpha value is -0.870. The van der Waals surface area contributed by atoms with Gasteiger partial charge in [0.25, 0.3) is 0 Å². The van der Waals surface area contributed by atoms with Gasteiger partial charge in [-0.3, -0.25) is 4.68 Å². The van der Waals surface area contributed by atoms with Gasteiger partial charge in [0.1, 0.15) is 0 Å². The zero-order chi connectivity index (χ0) is 12.0. The van der Waals surface area contributed by atoms with Gasteiger partial charge >= 0.3 is 0 Å². The van der Waals surface area contributed by atoms with Gasteiger partial charge < -0.3 is 10.5 Å². The summed E-state index contributed by atoms with van der Waals surface area (Å²) in [6.07, 6.45) is 6.82. The van der Waals surface area contributed by atoms with Crippen molar-refractivity contribution in [2.75, 3.05) is 0 Å². The molecule has 3 heterocycles. The maximum atomic E-state index is 6.49. The van der Waals surface area contributed by atoms with Crippen LogP contribution in [0.3, 0.4) is 0 Å². The Bertz CT molecular complexity index is 415. The van der Waals surface area contributed by atoms with E-state index >= 15 is 0 Å². The molecule has 1 aromatic rings. The van der Waals surface area contributed by atoms with Crippen molar-refractivity contribution >= 4 is 0 Å². The number of hydrogen-bond acceptors (Lipinski definition) is 3. The third kappa shape index (κ3) is 1.89. The Balaban J connectivity index is 1.74. The van der Waals surface area contributed by atoms with Crippen LogP contribution >= 0.6 is 0 Å². The van der Waals surface area contributed by atoms with E-state index in [2.05, 4.69) is 25.0 Å². The molecule has 2 saturated heterocycles. The molecule has 0 amide bonds. The highest BCUT2D eigenvalue weighted by molar-refractivity contribution is 5.13. The summed E-state index contributed by atoms with van der Waals surface area (Å²) in [6, 6.07) is 2.49. The van der Waals surface area contributed by atoms with Crippen molar-refractivity contribution in [1.29, 1.82) is 0 Å². The summed E-state index contributed by atoms with van der Waals surface area (Å²) in [7, 11) is 0. The zero-order valence-corrected chi connectivity index (χ0v) is 10.6. The van der Waals surface area contributed by atoms with E-state index in [-0.39, 0.29) is 11.6 Å². The molecule has 1 aromatic heterocycles. The number of nitrogens with two attached hydrogens (primary N) is 1. The molecule has 3 unspecified atom stereocenters. The number of rotatable bonds is 3. The van der Waals surface area contributed by atoms with Crippen molar-refractivity contribution in [3.05, 3.63) is 18.0 Å². The fourth-order valence-corrected chi connectivity index (χ4v) is 3.12. The summed E-state index contributed by atoms with van der Waals surface area (Å²) in [6.45, 7) is 4.27. The molecular weight excluding hydrogens is 214 g/mol. The summed E-state index contributed by atoms with van der Waals surface area (Å²) >= 11 is 0. The minimum Gasteiger partial charge on any atom is -0.373 e. The first kappa shape index (κ1) is 11.2. The molecule has 0 saturated carbocycles. The fraction of sp³-hybridized carbons (Fsp3) is 0.769. The standard InChI is InChI=1S/C13H21N3O/c1-9(2)16-6-5-10(15-16)7-13(14)8-11-3-4-12(13)17-11/h5-6,9,11-12H,3-4,7-8,14H2,1-2H3. The molecule has 4 heteroatoms. The van der Waals surface area contributed by atoms with Crippen molar-refractivity contribution in [3.63, 3.8) is 0 Å². The average molecular weight is 235 g/mol. The van der Waals surface area contributed by atoms with E-state index in [0.29, 0.717) is 12.1 Å². The first-order valence-electron chi connectivity index (χ1n) is 6.55. The highest BCUT2D eigenvalue weighted by Crippen LogP contribution is 2.41. The number of hydrogen-bond donors (Lipinski definition) is 1. The van der Waals surface area contributed by atoms with Gasteiger partial charge in [0.05, 0.1) is 23.4 Å². The lowest BCUT2D eigenvalue weighted by Gasteiger charge is -2.30. The molecule has 3 atom stereocenters. The van der Waals surface area contributed by atoms with Crippen LogP contribution in [0.1, 0.15) is 44.8 Å². The zero-order valence-electron chi connectivity index (χ0n) is 10.6. The van der Waals surface area contributed by atoms with Gasteiger partial charge in [0.2, 0.25) is 0 Å². The van der Waals surface area contributed by atoms with E-state index in [1.807, 2.05) is 10.9 Å². The Morgan fingerprint density at radius 3 is 2.94 bits per heavy atom. The molecule has 3 rings (SSSR count). The Morgan fingerprint density at radius 2 is 2.41 bits per heavy atom. The Morgan fingerprint density at radius 1 is 1.59 bits per heavy atom. The summed E-state index contributed by atoms with van der Waals surface area (Å²) in [5.41, 5.74) is 7.40. The molecule has 0 spiro atoms. The molecule has 2 bridgehead atoms. The van der Waals surface area contributed by atoms with Gasteiger partial charge in [-0.25, -0.2) is 0 Å². The molecule has 0 radical (unpaired) electrons. The first-order chi connectivity index (χ1) is 8.07.